The average molecular weight is 556 g/mol. The van der Waals surface area contributed by atoms with Gasteiger partial charge in [0.1, 0.15) is 16.1 Å². The molecule has 0 spiro atoms. The maximum absolute atomic E-state index is 3.66. The maximum Gasteiger partial charge on any atom is 0.129 e. The molecule has 0 fully saturated rings. The van der Waals surface area contributed by atoms with Gasteiger partial charge in [-0.05, 0) is 31.2 Å². The van der Waals surface area contributed by atoms with E-state index in [1.165, 1.54) is 31.2 Å². The molecule has 0 aromatic heterocycles. The molecule has 0 saturated heterocycles. The van der Waals surface area contributed by atoms with Gasteiger partial charge in [-0.2, -0.15) is 0 Å². The van der Waals surface area contributed by atoms with Crippen LogP contribution in [0.5, 0.6) is 0 Å². The summed E-state index contributed by atoms with van der Waals surface area (Å²) in [5, 5.41) is 0. The molecule has 0 bridgehead atoms. The van der Waals surface area contributed by atoms with E-state index in [4.69, 9.17) is 0 Å². The van der Waals surface area contributed by atoms with Crippen LogP contribution in [0.2, 0.25) is 39.3 Å². The third kappa shape index (κ3) is 6.11. The minimum atomic E-state index is -1.53. The first-order valence-electron chi connectivity index (χ1n) is 10.3. The van der Waals surface area contributed by atoms with Crippen molar-refractivity contribution in [2.24, 2.45) is 0 Å². The average Bonchev–Trinajstić information content (AvgIpc) is 3.24. The van der Waals surface area contributed by atoms with E-state index in [0.717, 1.165) is 24.0 Å². The molecule has 3 rings (SSSR count). The van der Waals surface area contributed by atoms with Crippen molar-refractivity contribution >= 4 is 59.2 Å². The summed E-state index contributed by atoms with van der Waals surface area (Å²) in [5.74, 6) is 7.23. The molecular weight excluding hydrogens is 528 g/mol. The van der Waals surface area contributed by atoms with E-state index in [1.807, 2.05) is 0 Å². The molecule has 1 aromatic rings. The highest BCUT2D eigenvalue weighted by molar-refractivity contribution is 9.12. The van der Waals surface area contributed by atoms with Gasteiger partial charge in [0.15, 0.2) is 0 Å². The van der Waals surface area contributed by atoms with Crippen LogP contribution in [0.1, 0.15) is 35.1 Å². The Hall–Kier alpha value is -1.31. The lowest BCUT2D eigenvalue weighted by atomic mass is 9.89. The third-order valence-corrected chi connectivity index (χ3v) is 7.51. The molecule has 0 unspecified atom stereocenters. The smallest absolute Gasteiger partial charge is 0.127 e. The first kappa shape index (κ1) is 23.4. The Bertz CT molecular complexity index is 1040. The summed E-state index contributed by atoms with van der Waals surface area (Å²) in [6, 6.07) is 4.50. The van der Waals surface area contributed by atoms with Crippen LogP contribution in [-0.2, 0) is 0 Å². The van der Waals surface area contributed by atoms with Crippen LogP contribution in [0, 0.1) is 22.9 Å². The van der Waals surface area contributed by atoms with E-state index >= 15 is 0 Å². The molecule has 4 heteroatoms. The molecule has 154 valence electrons. The van der Waals surface area contributed by atoms with Gasteiger partial charge in [-0.3, -0.25) is 0 Å². The monoisotopic (exact) mass is 554 g/mol. The van der Waals surface area contributed by atoms with Crippen LogP contribution in [0.25, 0.3) is 11.1 Å². The van der Waals surface area contributed by atoms with Gasteiger partial charge in [-0.25, -0.2) is 0 Å². The van der Waals surface area contributed by atoms with Crippen LogP contribution in [-0.4, -0.2) is 16.1 Å². The minimum Gasteiger partial charge on any atom is -0.127 e. The number of hydrogen-bond acceptors (Lipinski definition) is 0. The van der Waals surface area contributed by atoms with Crippen LogP contribution in [0.4, 0.5) is 0 Å². The lowest BCUT2D eigenvalue weighted by Gasteiger charge is -2.16. The fraction of sp³-hybridized carbons (Fsp3) is 0.308. The van der Waals surface area contributed by atoms with E-state index in [0.29, 0.717) is 0 Å². The summed E-state index contributed by atoms with van der Waals surface area (Å²) >= 11 is 7.32. The van der Waals surface area contributed by atoms with Gasteiger partial charge in [0.05, 0.1) is 0 Å². The number of benzene rings is 1. The molecule has 2 aliphatic carbocycles. The summed E-state index contributed by atoms with van der Waals surface area (Å²) in [4.78, 5) is 0. The molecule has 0 atom stereocenters. The van der Waals surface area contributed by atoms with Gasteiger partial charge in [-0.15, -0.1) is 11.1 Å². The predicted molar refractivity (Wildman–Crippen MR) is 146 cm³/mol. The van der Waals surface area contributed by atoms with Crippen molar-refractivity contribution in [3.63, 3.8) is 0 Å². The summed E-state index contributed by atoms with van der Waals surface area (Å²) in [7, 11) is -3.07. The minimum absolute atomic E-state index is 0.914. The number of allylic oxidation sites excluding steroid dienone is 8. The molecule has 0 heterocycles. The van der Waals surface area contributed by atoms with Crippen molar-refractivity contribution in [3.05, 3.63) is 67.7 Å². The Labute approximate surface area is 200 Å². The van der Waals surface area contributed by atoms with E-state index in [1.54, 1.807) is 0 Å². The van der Waals surface area contributed by atoms with E-state index in [2.05, 4.69) is 131 Å². The SMILES string of the molecule is C[Si](C)(C)C#Cc1c(C2=CC=C(Br)C2)ccc(C2=CC=C(Br)C2)c1C#C[Si](C)(C)C. The fourth-order valence-electron chi connectivity index (χ4n) is 3.25. The lowest BCUT2D eigenvalue weighted by Crippen LogP contribution is -2.17. The van der Waals surface area contributed by atoms with E-state index in [9.17, 15) is 0 Å². The summed E-state index contributed by atoms with van der Waals surface area (Å²) in [6.45, 7) is 13.8. The lowest BCUT2D eigenvalue weighted by molar-refractivity contribution is 1.36. The maximum atomic E-state index is 3.66. The zero-order chi connectivity index (χ0) is 22.1. The first-order valence-corrected chi connectivity index (χ1v) is 18.9. The molecule has 0 radical (unpaired) electrons. The van der Waals surface area contributed by atoms with Crippen molar-refractivity contribution in [3.8, 4) is 22.9 Å². The zero-order valence-corrected chi connectivity index (χ0v) is 23.8. The van der Waals surface area contributed by atoms with Crippen LogP contribution >= 0.6 is 31.9 Å². The normalized spacial score (nSPS) is 16.0. The number of halogens is 2. The van der Waals surface area contributed by atoms with E-state index < -0.39 is 16.1 Å². The Morgan fingerprint density at radius 2 is 1.00 bits per heavy atom. The molecular formula is C26H28Br2Si2. The topological polar surface area (TPSA) is 0 Å². The fourth-order valence-corrected chi connectivity index (χ4v) is 5.12. The molecule has 0 amide bonds. The highest BCUT2D eigenvalue weighted by Gasteiger charge is 2.20. The Morgan fingerprint density at radius 1 is 0.633 bits per heavy atom. The molecule has 0 N–H and O–H groups in total. The highest BCUT2D eigenvalue weighted by atomic mass is 79.9. The summed E-state index contributed by atoms with van der Waals surface area (Å²) in [6.07, 6.45) is 10.5. The van der Waals surface area contributed by atoms with Crippen molar-refractivity contribution < 1.29 is 0 Å². The number of rotatable bonds is 2. The second-order valence-electron chi connectivity index (χ2n) is 9.88. The van der Waals surface area contributed by atoms with Crippen molar-refractivity contribution in [1.82, 2.24) is 0 Å². The van der Waals surface area contributed by atoms with Crippen LogP contribution in [0.15, 0.2) is 45.4 Å². The van der Waals surface area contributed by atoms with Gasteiger partial charge >= 0.3 is 0 Å². The zero-order valence-electron chi connectivity index (χ0n) is 18.6. The van der Waals surface area contributed by atoms with Crippen molar-refractivity contribution in [1.29, 1.82) is 0 Å². The Kier molecular flexibility index (Phi) is 7.05. The molecule has 0 nitrogen and oxygen atoms in total. The molecule has 30 heavy (non-hydrogen) atoms. The molecule has 2 aliphatic rings. The molecule has 1 aromatic carbocycles. The van der Waals surface area contributed by atoms with Crippen LogP contribution in [0.3, 0.4) is 0 Å². The largest absolute Gasteiger partial charge is 0.129 e. The van der Waals surface area contributed by atoms with Crippen LogP contribution < -0.4 is 0 Å². The second-order valence-corrected chi connectivity index (χ2v) is 21.4. The van der Waals surface area contributed by atoms with Gasteiger partial charge in [0.2, 0.25) is 0 Å². The Morgan fingerprint density at radius 3 is 1.27 bits per heavy atom. The highest BCUT2D eigenvalue weighted by Crippen LogP contribution is 2.38. The van der Waals surface area contributed by atoms with E-state index in [-0.39, 0.29) is 0 Å². The summed E-state index contributed by atoms with van der Waals surface area (Å²) < 4.78 is 2.43. The van der Waals surface area contributed by atoms with Gasteiger partial charge in [0.25, 0.3) is 0 Å². The Balaban J connectivity index is 2.27. The van der Waals surface area contributed by atoms with Crippen molar-refractivity contribution in [2.75, 3.05) is 0 Å². The molecule has 0 aliphatic heterocycles. The van der Waals surface area contributed by atoms with Gasteiger partial charge in [0, 0.05) is 24.0 Å². The van der Waals surface area contributed by atoms with Crippen molar-refractivity contribution in [2.45, 2.75) is 52.1 Å². The molecule has 0 saturated carbocycles. The van der Waals surface area contributed by atoms with Gasteiger partial charge in [-0.1, -0.05) is 119 Å². The second kappa shape index (κ2) is 9.05. The number of hydrogen-bond donors (Lipinski definition) is 0. The summed E-state index contributed by atoms with van der Waals surface area (Å²) in [5.41, 5.74) is 14.5. The predicted octanol–water partition coefficient (Wildman–Crippen LogP) is 8.28. The third-order valence-electron chi connectivity index (χ3n) is 4.67. The standard InChI is InChI=1S/C26H28Br2Si2/c1-29(2,3)15-13-25-23(19-7-9-21(27)17-19)11-12-24(20-8-10-22(28)18-20)26(25)14-16-30(4,5)6/h7-12H,17-18H2,1-6H3. The van der Waals surface area contributed by atoms with Gasteiger partial charge < -0.3 is 0 Å². The quantitative estimate of drug-likeness (QED) is 0.254. The first-order chi connectivity index (χ1) is 13.9.